The normalized spacial score (nSPS) is 14.5. The summed E-state index contributed by atoms with van der Waals surface area (Å²) in [6.45, 7) is 3.17. The lowest BCUT2D eigenvalue weighted by Crippen LogP contribution is -2.40. The summed E-state index contributed by atoms with van der Waals surface area (Å²) in [6, 6.07) is 10.8. The minimum atomic E-state index is -0.721. The van der Waals surface area contributed by atoms with Gasteiger partial charge >= 0.3 is 0 Å². The molecule has 2 aromatic carbocycles. The van der Waals surface area contributed by atoms with Crippen LogP contribution in [0.4, 0.5) is 8.78 Å². The van der Waals surface area contributed by atoms with E-state index in [4.69, 9.17) is 12.2 Å². The van der Waals surface area contributed by atoms with Crippen LogP contribution in [0.1, 0.15) is 35.2 Å². The van der Waals surface area contributed by atoms with Gasteiger partial charge in [0.05, 0.1) is 5.56 Å². The van der Waals surface area contributed by atoms with E-state index >= 15 is 0 Å². The first-order valence-electron chi connectivity index (χ1n) is 10.8. The Balaban J connectivity index is 1.36. The van der Waals surface area contributed by atoms with Gasteiger partial charge in [0, 0.05) is 37.5 Å². The molecule has 2 heterocycles. The van der Waals surface area contributed by atoms with Crippen LogP contribution in [0.3, 0.4) is 0 Å². The summed E-state index contributed by atoms with van der Waals surface area (Å²) in [6.07, 6.45) is 1.07. The number of carbonyl (C=O) groups excluding carboxylic acids is 2. The number of aryl methyl sites for hydroxylation is 1. The largest absolute Gasteiger partial charge is 0.343 e. The molecule has 1 aromatic heterocycles. The van der Waals surface area contributed by atoms with Gasteiger partial charge < -0.3 is 4.90 Å². The van der Waals surface area contributed by atoms with Crippen LogP contribution in [0.15, 0.2) is 42.5 Å². The number of carbonyl (C=O) groups is 2. The van der Waals surface area contributed by atoms with Gasteiger partial charge in [-0.05, 0) is 56.2 Å². The van der Waals surface area contributed by atoms with Crippen molar-refractivity contribution in [3.63, 3.8) is 0 Å². The smallest absolute Gasteiger partial charge is 0.224 e. The van der Waals surface area contributed by atoms with Crippen molar-refractivity contribution in [2.24, 2.45) is 5.92 Å². The Labute approximate surface area is 195 Å². The molecule has 0 unspecified atom stereocenters. The van der Waals surface area contributed by atoms with Crippen LogP contribution < -0.4 is 0 Å². The molecule has 1 aliphatic heterocycles. The van der Waals surface area contributed by atoms with Gasteiger partial charge in [-0.25, -0.2) is 8.78 Å². The molecule has 3 aromatic rings. The van der Waals surface area contributed by atoms with Gasteiger partial charge in [0.2, 0.25) is 5.91 Å². The molecule has 1 saturated heterocycles. The Kier molecular flexibility index (Phi) is 6.78. The van der Waals surface area contributed by atoms with Gasteiger partial charge in [0.25, 0.3) is 0 Å². The van der Waals surface area contributed by atoms with E-state index in [1.165, 1.54) is 0 Å². The number of H-pyrrole nitrogens is 1. The first-order valence-corrected chi connectivity index (χ1v) is 11.2. The molecule has 0 bridgehead atoms. The third-order valence-electron chi connectivity index (χ3n) is 6.00. The monoisotopic (exact) mass is 470 g/mol. The Bertz CT molecular complexity index is 1250. The van der Waals surface area contributed by atoms with Gasteiger partial charge in [-0.3, -0.25) is 19.3 Å². The van der Waals surface area contributed by atoms with Gasteiger partial charge in [0.1, 0.15) is 11.6 Å². The number of nitrogens with one attached hydrogen (secondary N) is 1. The van der Waals surface area contributed by atoms with E-state index in [1.54, 1.807) is 4.90 Å². The van der Waals surface area contributed by atoms with Crippen LogP contribution in [0, 0.1) is 29.2 Å². The number of rotatable bonds is 6. The molecule has 172 valence electrons. The molecule has 9 heteroatoms. The molecule has 1 fully saturated rings. The van der Waals surface area contributed by atoms with Crippen LogP contribution in [0.2, 0.25) is 0 Å². The highest BCUT2D eigenvalue weighted by atomic mass is 32.1. The van der Waals surface area contributed by atoms with Crippen molar-refractivity contribution < 1.29 is 18.4 Å². The van der Waals surface area contributed by atoms with E-state index in [-0.39, 0.29) is 17.9 Å². The van der Waals surface area contributed by atoms with E-state index in [0.717, 1.165) is 29.3 Å². The molecular formula is C24H24F2N4O2S. The van der Waals surface area contributed by atoms with Crippen molar-refractivity contribution in [1.29, 1.82) is 0 Å². The van der Waals surface area contributed by atoms with E-state index in [9.17, 15) is 18.4 Å². The van der Waals surface area contributed by atoms with E-state index in [0.29, 0.717) is 43.1 Å². The minimum absolute atomic E-state index is 0.0453. The second-order valence-electron chi connectivity index (χ2n) is 8.27. The van der Waals surface area contributed by atoms with Crippen molar-refractivity contribution >= 4 is 23.9 Å². The fraction of sp³-hybridized carbons (Fsp3) is 0.333. The predicted molar refractivity (Wildman–Crippen MR) is 122 cm³/mol. The van der Waals surface area contributed by atoms with Gasteiger partial charge in [-0.15, -0.1) is 0 Å². The third kappa shape index (κ3) is 5.08. The van der Waals surface area contributed by atoms with Gasteiger partial charge in [0.15, 0.2) is 16.4 Å². The summed E-state index contributed by atoms with van der Waals surface area (Å²) >= 11 is 5.35. The van der Waals surface area contributed by atoms with Crippen molar-refractivity contribution in [2.45, 2.75) is 32.7 Å². The predicted octanol–water partition coefficient (Wildman–Crippen LogP) is 4.71. The highest BCUT2D eigenvalue weighted by molar-refractivity contribution is 7.71. The van der Waals surface area contributed by atoms with Crippen LogP contribution in [0.5, 0.6) is 0 Å². The molecule has 0 aliphatic carbocycles. The number of piperidine rings is 1. The Morgan fingerprint density at radius 3 is 2.64 bits per heavy atom. The quantitative estimate of drug-likeness (QED) is 0.419. The second kappa shape index (κ2) is 9.74. The number of nitrogens with zero attached hydrogens (tertiary/aromatic N) is 3. The molecule has 0 spiro atoms. The average molecular weight is 471 g/mol. The summed E-state index contributed by atoms with van der Waals surface area (Å²) in [7, 11) is 0. The maximum absolute atomic E-state index is 14.0. The van der Waals surface area contributed by atoms with Crippen molar-refractivity contribution in [2.75, 3.05) is 13.1 Å². The highest BCUT2D eigenvalue weighted by Gasteiger charge is 2.29. The SMILES string of the molecule is Cc1cccc(-c2n[nH]c(=S)n2CCC(=O)N2CCC(C(=O)c3cc(F)ccc3F)CC2)c1. The van der Waals surface area contributed by atoms with Crippen LogP contribution >= 0.6 is 12.2 Å². The fourth-order valence-electron chi connectivity index (χ4n) is 4.19. The number of amides is 1. The zero-order valence-electron chi connectivity index (χ0n) is 18.2. The molecule has 1 N–H and O–H groups in total. The summed E-state index contributed by atoms with van der Waals surface area (Å²) in [4.78, 5) is 27.1. The number of aromatic nitrogens is 3. The van der Waals surface area contributed by atoms with Crippen molar-refractivity contribution in [3.05, 3.63) is 70.0 Å². The lowest BCUT2D eigenvalue weighted by molar-refractivity contribution is -0.132. The zero-order valence-corrected chi connectivity index (χ0v) is 19.0. The van der Waals surface area contributed by atoms with Crippen LogP contribution in [-0.2, 0) is 11.3 Å². The molecule has 4 rings (SSSR count). The van der Waals surface area contributed by atoms with Gasteiger partial charge in [-0.2, -0.15) is 5.10 Å². The maximum Gasteiger partial charge on any atom is 0.224 e. The number of ketones is 1. The first-order chi connectivity index (χ1) is 15.8. The summed E-state index contributed by atoms with van der Waals surface area (Å²) in [5, 5.41) is 7.11. The Morgan fingerprint density at radius 1 is 1.15 bits per heavy atom. The maximum atomic E-state index is 14.0. The molecule has 33 heavy (non-hydrogen) atoms. The number of hydrogen-bond donors (Lipinski definition) is 1. The number of aromatic amines is 1. The van der Waals surface area contributed by atoms with Gasteiger partial charge in [-0.1, -0.05) is 23.8 Å². The zero-order chi connectivity index (χ0) is 23.5. The molecule has 0 radical (unpaired) electrons. The van der Waals surface area contributed by atoms with E-state index < -0.39 is 23.3 Å². The molecule has 0 atom stereocenters. The van der Waals surface area contributed by atoms with E-state index in [2.05, 4.69) is 10.2 Å². The summed E-state index contributed by atoms with van der Waals surface area (Å²) in [5.41, 5.74) is 1.79. The number of benzene rings is 2. The van der Waals surface area contributed by atoms with Crippen LogP contribution in [0.25, 0.3) is 11.4 Å². The first kappa shape index (κ1) is 23.0. The fourth-order valence-corrected chi connectivity index (χ4v) is 4.42. The second-order valence-corrected chi connectivity index (χ2v) is 8.65. The lowest BCUT2D eigenvalue weighted by atomic mass is 9.88. The van der Waals surface area contributed by atoms with E-state index in [1.807, 2.05) is 35.8 Å². The number of hydrogen-bond acceptors (Lipinski definition) is 4. The average Bonchev–Trinajstić information content (AvgIpc) is 3.19. The van der Waals surface area contributed by atoms with Crippen molar-refractivity contribution in [3.8, 4) is 11.4 Å². The number of likely N-dealkylation sites (tertiary alicyclic amines) is 1. The summed E-state index contributed by atoms with van der Waals surface area (Å²) < 4.78 is 29.7. The molecule has 0 saturated carbocycles. The van der Waals surface area contributed by atoms with Crippen molar-refractivity contribution in [1.82, 2.24) is 19.7 Å². The Morgan fingerprint density at radius 2 is 1.91 bits per heavy atom. The molecule has 1 amide bonds. The summed E-state index contributed by atoms with van der Waals surface area (Å²) in [5.74, 6) is -1.57. The minimum Gasteiger partial charge on any atom is -0.343 e. The third-order valence-corrected chi connectivity index (χ3v) is 6.31. The number of Topliss-reactive ketones (excluding diaryl/α,β-unsaturated/α-hetero) is 1. The lowest BCUT2D eigenvalue weighted by Gasteiger charge is -2.31. The number of halogens is 2. The Hall–Kier alpha value is -3.20. The molecular weight excluding hydrogens is 446 g/mol. The standard InChI is InChI=1S/C24H24F2N4O2S/c1-15-3-2-4-17(13-15)23-27-28-24(33)30(23)12-9-21(31)29-10-7-16(8-11-29)22(32)19-14-18(25)5-6-20(19)26/h2-6,13-14,16H,7-12H2,1H3,(H,28,33). The topological polar surface area (TPSA) is 71.0 Å². The highest BCUT2D eigenvalue weighted by Crippen LogP contribution is 2.25. The molecule has 6 nitrogen and oxygen atoms in total. The molecule has 1 aliphatic rings. The van der Waals surface area contributed by atoms with Crippen LogP contribution in [-0.4, -0.2) is 44.4 Å².